The first-order valence-electron chi connectivity index (χ1n) is 6.25. The van der Waals surface area contributed by atoms with Crippen LogP contribution in [-0.2, 0) is 6.42 Å². The van der Waals surface area contributed by atoms with Gasteiger partial charge in [0.1, 0.15) is 0 Å². The molecule has 0 bridgehead atoms. The number of hydrogen-bond acceptors (Lipinski definition) is 3. The molecule has 0 aliphatic carbocycles. The second-order valence-electron chi connectivity index (χ2n) is 4.88. The number of fused-ring (bicyclic) bond motifs is 2. The molecule has 0 atom stereocenters. The lowest BCUT2D eigenvalue weighted by molar-refractivity contribution is 0.0990. The number of ketones is 1. The van der Waals surface area contributed by atoms with E-state index >= 15 is 0 Å². The summed E-state index contributed by atoms with van der Waals surface area (Å²) in [6.45, 7) is 0. The Morgan fingerprint density at radius 3 is 2.63 bits per heavy atom. The van der Waals surface area contributed by atoms with Crippen LogP contribution in [-0.4, -0.2) is 19.9 Å². The molecule has 0 unspecified atom stereocenters. The molecular weight excluding hydrogens is 254 g/mol. The molecule has 0 fully saturated rings. The molecule has 19 heavy (non-hydrogen) atoms. The SMILES string of the molecule is CN(C)c1ccc2c(c1)C(=O)Cc1ccccc1S2. The Balaban J connectivity index is 2.11. The molecule has 1 aliphatic rings. The van der Waals surface area contributed by atoms with Gasteiger partial charge in [-0.1, -0.05) is 30.0 Å². The Labute approximate surface area is 117 Å². The Morgan fingerprint density at radius 2 is 1.84 bits per heavy atom. The van der Waals surface area contributed by atoms with Crippen molar-refractivity contribution in [3.8, 4) is 0 Å². The minimum atomic E-state index is 0.205. The maximum absolute atomic E-state index is 12.4. The van der Waals surface area contributed by atoms with Crippen molar-refractivity contribution < 1.29 is 4.79 Å². The second kappa shape index (κ2) is 4.74. The highest BCUT2D eigenvalue weighted by molar-refractivity contribution is 7.99. The van der Waals surface area contributed by atoms with Gasteiger partial charge in [-0.3, -0.25) is 4.79 Å². The van der Waals surface area contributed by atoms with E-state index < -0.39 is 0 Å². The fourth-order valence-corrected chi connectivity index (χ4v) is 3.31. The number of anilines is 1. The van der Waals surface area contributed by atoms with Crippen molar-refractivity contribution in [3.05, 3.63) is 53.6 Å². The largest absolute Gasteiger partial charge is 0.378 e. The molecule has 0 aromatic heterocycles. The molecule has 0 N–H and O–H groups in total. The van der Waals surface area contributed by atoms with Crippen LogP contribution in [0.25, 0.3) is 0 Å². The zero-order valence-electron chi connectivity index (χ0n) is 11.0. The topological polar surface area (TPSA) is 20.3 Å². The highest BCUT2D eigenvalue weighted by atomic mass is 32.2. The van der Waals surface area contributed by atoms with Gasteiger partial charge in [-0.05, 0) is 29.8 Å². The smallest absolute Gasteiger partial charge is 0.168 e. The molecule has 3 rings (SSSR count). The lowest BCUT2D eigenvalue weighted by Gasteiger charge is -2.14. The molecule has 0 radical (unpaired) electrons. The van der Waals surface area contributed by atoms with Crippen molar-refractivity contribution in [2.24, 2.45) is 0 Å². The van der Waals surface area contributed by atoms with Gasteiger partial charge in [0.15, 0.2) is 5.78 Å². The molecular formula is C16H15NOS. The van der Waals surface area contributed by atoms with E-state index in [4.69, 9.17) is 0 Å². The second-order valence-corrected chi connectivity index (χ2v) is 5.97. The van der Waals surface area contributed by atoms with Crippen molar-refractivity contribution in [3.63, 3.8) is 0 Å². The molecule has 96 valence electrons. The van der Waals surface area contributed by atoms with Crippen LogP contribution in [0.15, 0.2) is 52.3 Å². The maximum atomic E-state index is 12.4. The fraction of sp³-hybridized carbons (Fsp3) is 0.188. The van der Waals surface area contributed by atoms with Gasteiger partial charge in [-0.15, -0.1) is 0 Å². The highest BCUT2D eigenvalue weighted by Crippen LogP contribution is 2.38. The van der Waals surface area contributed by atoms with E-state index in [-0.39, 0.29) is 5.78 Å². The van der Waals surface area contributed by atoms with Crippen LogP contribution in [0.3, 0.4) is 0 Å². The fourth-order valence-electron chi connectivity index (χ4n) is 2.24. The first-order valence-corrected chi connectivity index (χ1v) is 7.07. The Morgan fingerprint density at radius 1 is 1.05 bits per heavy atom. The number of rotatable bonds is 1. The Hall–Kier alpha value is -1.74. The standard InChI is InChI=1S/C16H15NOS/c1-17(2)12-7-8-16-13(10-12)14(18)9-11-5-3-4-6-15(11)19-16/h3-8,10H,9H2,1-2H3. The summed E-state index contributed by atoms with van der Waals surface area (Å²) in [5.74, 6) is 0.205. The number of carbonyl (C=O) groups is 1. The van der Waals surface area contributed by atoms with Gasteiger partial charge in [0, 0.05) is 41.6 Å². The minimum Gasteiger partial charge on any atom is -0.378 e. The van der Waals surface area contributed by atoms with Gasteiger partial charge in [-0.2, -0.15) is 0 Å². The third-order valence-electron chi connectivity index (χ3n) is 3.32. The lowest BCUT2D eigenvalue weighted by Crippen LogP contribution is -2.10. The molecule has 1 aliphatic heterocycles. The monoisotopic (exact) mass is 269 g/mol. The zero-order chi connectivity index (χ0) is 13.4. The summed E-state index contributed by atoms with van der Waals surface area (Å²) in [6, 6.07) is 14.3. The molecule has 0 saturated heterocycles. The normalized spacial score (nSPS) is 13.5. The molecule has 3 heteroatoms. The van der Waals surface area contributed by atoms with Gasteiger partial charge in [0.2, 0.25) is 0 Å². The first-order chi connectivity index (χ1) is 9.15. The van der Waals surface area contributed by atoms with Crippen LogP contribution in [0.1, 0.15) is 15.9 Å². The average molecular weight is 269 g/mol. The number of carbonyl (C=O) groups excluding carboxylic acids is 1. The van der Waals surface area contributed by atoms with E-state index in [1.165, 1.54) is 4.90 Å². The summed E-state index contributed by atoms with van der Waals surface area (Å²) in [7, 11) is 3.98. The molecule has 2 aromatic rings. The molecule has 2 aromatic carbocycles. The summed E-state index contributed by atoms with van der Waals surface area (Å²) in [4.78, 5) is 16.7. The molecule has 2 nitrogen and oxygen atoms in total. The summed E-state index contributed by atoms with van der Waals surface area (Å²) < 4.78 is 0. The predicted octanol–water partition coefficient (Wildman–Crippen LogP) is 3.64. The van der Waals surface area contributed by atoms with Gasteiger partial charge in [0.05, 0.1) is 0 Å². The summed E-state index contributed by atoms with van der Waals surface area (Å²) in [5.41, 5.74) is 3.03. The van der Waals surface area contributed by atoms with Crippen LogP contribution in [0.2, 0.25) is 0 Å². The van der Waals surface area contributed by atoms with Crippen LogP contribution in [0, 0.1) is 0 Å². The van der Waals surface area contributed by atoms with Gasteiger partial charge in [-0.25, -0.2) is 0 Å². The molecule has 0 spiro atoms. The van der Waals surface area contributed by atoms with E-state index in [1.54, 1.807) is 11.8 Å². The van der Waals surface area contributed by atoms with Crippen LogP contribution >= 0.6 is 11.8 Å². The molecule has 0 saturated carbocycles. The quantitative estimate of drug-likeness (QED) is 0.788. The number of Topliss-reactive ketones (excluding diaryl/α,β-unsaturated/α-hetero) is 1. The van der Waals surface area contributed by atoms with Crippen molar-refractivity contribution in [2.75, 3.05) is 19.0 Å². The number of benzene rings is 2. The molecule has 1 heterocycles. The first kappa shape index (κ1) is 12.3. The van der Waals surface area contributed by atoms with Crippen LogP contribution in [0.4, 0.5) is 5.69 Å². The van der Waals surface area contributed by atoms with Crippen LogP contribution < -0.4 is 4.90 Å². The van der Waals surface area contributed by atoms with E-state index in [1.807, 2.05) is 43.3 Å². The Kier molecular flexibility index (Phi) is 3.07. The minimum absolute atomic E-state index is 0.205. The predicted molar refractivity (Wildman–Crippen MR) is 79.4 cm³/mol. The van der Waals surface area contributed by atoms with Gasteiger partial charge >= 0.3 is 0 Å². The van der Waals surface area contributed by atoms with E-state index in [0.717, 1.165) is 21.7 Å². The van der Waals surface area contributed by atoms with Crippen molar-refractivity contribution in [1.82, 2.24) is 0 Å². The summed E-state index contributed by atoms with van der Waals surface area (Å²) >= 11 is 1.69. The van der Waals surface area contributed by atoms with E-state index in [2.05, 4.69) is 18.2 Å². The summed E-state index contributed by atoms with van der Waals surface area (Å²) in [6.07, 6.45) is 0.493. The number of hydrogen-bond donors (Lipinski definition) is 0. The number of nitrogens with zero attached hydrogens (tertiary/aromatic N) is 1. The van der Waals surface area contributed by atoms with E-state index in [0.29, 0.717) is 6.42 Å². The van der Waals surface area contributed by atoms with E-state index in [9.17, 15) is 4.79 Å². The molecule has 0 amide bonds. The van der Waals surface area contributed by atoms with Crippen LogP contribution in [0.5, 0.6) is 0 Å². The lowest BCUT2D eigenvalue weighted by atomic mass is 10.0. The third-order valence-corrected chi connectivity index (χ3v) is 4.52. The third kappa shape index (κ3) is 2.26. The highest BCUT2D eigenvalue weighted by Gasteiger charge is 2.20. The summed E-state index contributed by atoms with van der Waals surface area (Å²) in [5, 5.41) is 0. The van der Waals surface area contributed by atoms with Crippen molar-refractivity contribution in [1.29, 1.82) is 0 Å². The van der Waals surface area contributed by atoms with Crippen molar-refractivity contribution >= 4 is 23.2 Å². The van der Waals surface area contributed by atoms with Gasteiger partial charge < -0.3 is 4.90 Å². The maximum Gasteiger partial charge on any atom is 0.168 e. The van der Waals surface area contributed by atoms with Gasteiger partial charge in [0.25, 0.3) is 0 Å². The average Bonchev–Trinajstić information content (AvgIpc) is 2.54. The zero-order valence-corrected chi connectivity index (χ0v) is 11.8. The Bertz CT molecular complexity index is 649. The van der Waals surface area contributed by atoms with Crippen molar-refractivity contribution in [2.45, 2.75) is 16.2 Å².